The smallest absolute Gasteiger partial charge is 0.219 e. The van der Waals surface area contributed by atoms with E-state index in [1.165, 1.54) is 0 Å². The first-order valence-corrected chi connectivity index (χ1v) is 5.66. The highest BCUT2D eigenvalue weighted by atomic mass is 35.5. The van der Waals surface area contributed by atoms with Gasteiger partial charge >= 0.3 is 0 Å². The van der Waals surface area contributed by atoms with E-state index in [9.17, 15) is 0 Å². The van der Waals surface area contributed by atoms with Crippen molar-refractivity contribution in [2.75, 3.05) is 0 Å². The lowest BCUT2D eigenvalue weighted by Gasteiger charge is -2.08. The van der Waals surface area contributed by atoms with E-state index < -0.39 is 0 Å². The van der Waals surface area contributed by atoms with E-state index in [2.05, 4.69) is 4.98 Å². The van der Waals surface area contributed by atoms with E-state index in [1.54, 1.807) is 18.3 Å². The first-order chi connectivity index (χ1) is 8.19. The fourth-order valence-corrected chi connectivity index (χ4v) is 1.67. The summed E-state index contributed by atoms with van der Waals surface area (Å²) in [4.78, 5) is 4.11. The van der Waals surface area contributed by atoms with Crippen LogP contribution in [0.2, 0.25) is 5.02 Å². The Kier molecular flexibility index (Phi) is 3.61. The van der Waals surface area contributed by atoms with Crippen molar-refractivity contribution in [3.8, 4) is 11.6 Å². The standard InChI is InChI=1S/C13H13ClN2O/c1-9-4-5-16-13(6-9)17-12-3-2-10(8-15)7-11(12)14/h2-7H,8,15H2,1H3. The van der Waals surface area contributed by atoms with E-state index in [4.69, 9.17) is 22.1 Å². The molecule has 0 aliphatic heterocycles. The van der Waals surface area contributed by atoms with Crippen LogP contribution in [0, 0.1) is 6.92 Å². The molecule has 17 heavy (non-hydrogen) atoms. The minimum atomic E-state index is 0.461. The zero-order valence-electron chi connectivity index (χ0n) is 9.48. The Balaban J connectivity index is 2.24. The Labute approximate surface area is 105 Å². The Morgan fingerprint density at radius 3 is 2.76 bits per heavy atom. The summed E-state index contributed by atoms with van der Waals surface area (Å²) >= 11 is 6.09. The van der Waals surface area contributed by atoms with Crippen LogP contribution in [0.1, 0.15) is 11.1 Å². The van der Waals surface area contributed by atoms with Gasteiger partial charge in [0.15, 0.2) is 0 Å². The molecule has 0 aliphatic carbocycles. The molecule has 88 valence electrons. The highest BCUT2D eigenvalue weighted by molar-refractivity contribution is 6.32. The third-order valence-electron chi connectivity index (χ3n) is 2.34. The van der Waals surface area contributed by atoms with Gasteiger partial charge in [0.25, 0.3) is 0 Å². The van der Waals surface area contributed by atoms with E-state index in [-0.39, 0.29) is 0 Å². The molecule has 0 aliphatic rings. The number of nitrogens with zero attached hydrogens (tertiary/aromatic N) is 1. The first kappa shape index (κ1) is 11.9. The minimum absolute atomic E-state index is 0.461. The largest absolute Gasteiger partial charge is 0.437 e. The highest BCUT2D eigenvalue weighted by Gasteiger charge is 2.04. The second kappa shape index (κ2) is 5.17. The lowest BCUT2D eigenvalue weighted by Crippen LogP contribution is -1.96. The van der Waals surface area contributed by atoms with Crippen LogP contribution in [0.25, 0.3) is 0 Å². The summed E-state index contributed by atoms with van der Waals surface area (Å²) in [5.41, 5.74) is 7.59. The molecule has 0 fully saturated rings. The van der Waals surface area contributed by atoms with Gasteiger partial charge in [0.05, 0.1) is 5.02 Å². The second-order valence-corrected chi connectivity index (χ2v) is 4.15. The third-order valence-corrected chi connectivity index (χ3v) is 2.63. The van der Waals surface area contributed by atoms with Crippen LogP contribution in [0.15, 0.2) is 36.5 Å². The van der Waals surface area contributed by atoms with E-state index >= 15 is 0 Å². The number of halogens is 1. The molecule has 2 aromatic rings. The number of aryl methyl sites for hydroxylation is 1. The Hall–Kier alpha value is -1.58. The van der Waals surface area contributed by atoms with Crippen molar-refractivity contribution in [3.63, 3.8) is 0 Å². The van der Waals surface area contributed by atoms with E-state index in [0.29, 0.717) is 23.2 Å². The molecule has 0 spiro atoms. The number of hydrogen-bond acceptors (Lipinski definition) is 3. The summed E-state index contributed by atoms with van der Waals surface area (Å²) in [6, 6.07) is 9.25. The van der Waals surface area contributed by atoms with Gasteiger partial charge in [-0.3, -0.25) is 0 Å². The molecule has 4 heteroatoms. The Morgan fingerprint density at radius 1 is 1.29 bits per heavy atom. The Bertz CT molecular complexity index is 529. The number of aromatic nitrogens is 1. The zero-order valence-corrected chi connectivity index (χ0v) is 10.2. The van der Waals surface area contributed by atoms with Crippen molar-refractivity contribution in [2.24, 2.45) is 5.73 Å². The van der Waals surface area contributed by atoms with Crippen LogP contribution in [-0.4, -0.2) is 4.98 Å². The second-order valence-electron chi connectivity index (χ2n) is 3.74. The summed E-state index contributed by atoms with van der Waals surface area (Å²) in [7, 11) is 0. The van der Waals surface area contributed by atoms with Gasteiger partial charge in [-0.2, -0.15) is 0 Å². The molecular weight excluding hydrogens is 236 g/mol. The van der Waals surface area contributed by atoms with Gasteiger partial charge in [0.1, 0.15) is 5.75 Å². The Morgan fingerprint density at radius 2 is 2.12 bits per heavy atom. The van der Waals surface area contributed by atoms with Crippen LogP contribution in [0.5, 0.6) is 11.6 Å². The van der Waals surface area contributed by atoms with Crippen molar-refractivity contribution in [1.82, 2.24) is 4.98 Å². The molecule has 0 saturated heterocycles. The zero-order chi connectivity index (χ0) is 12.3. The average molecular weight is 249 g/mol. The van der Waals surface area contributed by atoms with E-state index in [1.807, 2.05) is 25.1 Å². The maximum atomic E-state index is 6.09. The van der Waals surface area contributed by atoms with Crippen LogP contribution < -0.4 is 10.5 Å². The van der Waals surface area contributed by atoms with Crippen molar-refractivity contribution >= 4 is 11.6 Å². The fraction of sp³-hybridized carbons (Fsp3) is 0.154. The molecule has 1 aromatic carbocycles. The van der Waals surface area contributed by atoms with Crippen LogP contribution in [0.4, 0.5) is 0 Å². The maximum absolute atomic E-state index is 6.09. The highest BCUT2D eigenvalue weighted by Crippen LogP contribution is 2.29. The molecule has 0 bridgehead atoms. The number of benzene rings is 1. The first-order valence-electron chi connectivity index (χ1n) is 5.28. The minimum Gasteiger partial charge on any atom is -0.437 e. The molecule has 0 radical (unpaired) electrons. The lowest BCUT2D eigenvalue weighted by atomic mass is 10.2. The number of nitrogens with two attached hydrogens (primary N) is 1. The lowest BCUT2D eigenvalue weighted by molar-refractivity contribution is 0.462. The van der Waals surface area contributed by atoms with Gasteiger partial charge in [0.2, 0.25) is 5.88 Å². The summed E-state index contributed by atoms with van der Waals surface area (Å²) in [6.07, 6.45) is 1.70. The van der Waals surface area contributed by atoms with Crippen LogP contribution in [0.3, 0.4) is 0 Å². The van der Waals surface area contributed by atoms with Gasteiger partial charge in [-0.05, 0) is 36.2 Å². The summed E-state index contributed by atoms with van der Waals surface area (Å²) < 4.78 is 5.61. The number of pyridine rings is 1. The molecule has 2 rings (SSSR count). The normalized spacial score (nSPS) is 10.3. The van der Waals surface area contributed by atoms with Gasteiger partial charge in [-0.15, -0.1) is 0 Å². The van der Waals surface area contributed by atoms with Crippen molar-refractivity contribution < 1.29 is 4.74 Å². The monoisotopic (exact) mass is 248 g/mol. The van der Waals surface area contributed by atoms with Crippen molar-refractivity contribution in [1.29, 1.82) is 0 Å². The quantitative estimate of drug-likeness (QED) is 0.907. The van der Waals surface area contributed by atoms with Crippen molar-refractivity contribution in [2.45, 2.75) is 13.5 Å². The maximum Gasteiger partial charge on any atom is 0.219 e. The topological polar surface area (TPSA) is 48.1 Å². The summed E-state index contributed by atoms with van der Waals surface area (Å²) in [6.45, 7) is 2.44. The number of rotatable bonds is 3. The predicted octanol–water partition coefficient (Wildman–Crippen LogP) is 3.29. The molecule has 0 atom stereocenters. The predicted molar refractivity (Wildman–Crippen MR) is 68.4 cm³/mol. The van der Waals surface area contributed by atoms with Gasteiger partial charge < -0.3 is 10.5 Å². The fourth-order valence-electron chi connectivity index (χ4n) is 1.43. The average Bonchev–Trinajstić information content (AvgIpc) is 2.32. The molecule has 0 unspecified atom stereocenters. The number of ether oxygens (including phenoxy) is 1. The van der Waals surface area contributed by atoms with Gasteiger partial charge in [0, 0.05) is 18.8 Å². The summed E-state index contributed by atoms with van der Waals surface area (Å²) in [5, 5.41) is 0.538. The molecule has 0 amide bonds. The summed E-state index contributed by atoms with van der Waals surface area (Å²) in [5.74, 6) is 1.12. The third kappa shape index (κ3) is 2.96. The molecule has 0 saturated carbocycles. The van der Waals surface area contributed by atoms with Gasteiger partial charge in [-0.25, -0.2) is 4.98 Å². The van der Waals surface area contributed by atoms with Crippen LogP contribution >= 0.6 is 11.6 Å². The molecule has 1 heterocycles. The number of hydrogen-bond donors (Lipinski definition) is 1. The molecule has 3 nitrogen and oxygen atoms in total. The van der Waals surface area contributed by atoms with Gasteiger partial charge in [-0.1, -0.05) is 17.7 Å². The molecule has 1 aromatic heterocycles. The molecule has 2 N–H and O–H groups in total. The molecular formula is C13H13ClN2O. The van der Waals surface area contributed by atoms with E-state index in [0.717, 1.165) is 11.1 Å². The SMILES string of the molecule is Cc1ccnc(Oc2ccc(CN)cc2Cl)c1. The van der Waals surface area contributed by atoms with Crippen molar-refractivity contribution in [3.05, 3.63) is 52.7 Å². The van der Waals surface area contributed by atoms with Crippen LogP contribution in [-0.2, 0) is 6.54 Å².